The lowest BCUT2D eigenvalue weighted by atomic mass is 10.2. The average Bonchev–Trinajstić information content (AvgIpc) is 2.83. The van der Waals surface area contributed by atoms with Crippen LogP contribution in [0, 0.1) is 0 Å². The molecule has 1 aliphatic rings. The summed E-state index contributed by atoms with van der Waals surface area (Å²) in [6.45, 7) is 0. The predicted octanol–water partition coefficient (Wildman–Crippen LogP) is 4.57. The highest BCUT2D eigenvalue weighted by atomic mass is 79.9. The van der Waals surface area contributed by atoms with Gasteiger partial charge in [-0.15, -0.1) is 0 Å². The summed E-state index contributed by atoms with van der Waals surface area (Å²) in [4.78, 5) is 14.7. The molecule has 4 nitrogen and oxygen atoms in total. The Labute approximate surface area is 157 Å². The van der Waals surface area contributed by atoms with Gasteiger partial charge in [0.1, 0.15) is 0 Å². The van der Waals surface area contributed by atoms with Crippen LogP contribution in [0.5, 0.6) is 11.5 Å². The van der Waals surface area contributed by atoms with Gasteiger partial charge in [-0.05, 0) is 42.0 Å². The highest BCUT2D eigenvalue weighted by Crippen LogP contribution is 2.37. The number of aromatic hydroxyl groups is 1. The fourth-order valence-electron chi connectivity index (χ4n) is 2.24. The zero-order chi connectivity index (χ0) is 17.3. The summed E-state index contributed by atoms with van der Waals surface area (Å²) < 4.78 is 6.45. The smallest absolute Gasteiger partial charge is 0.270 e. The van der Waals surface area contributed by atoms with Gasteiger partial charge in [0.15, 0.2) is 15.8 Å². The lowest BCUT2D eigenvalue weighted by Gasteiger charge is -2.14. The fraction of sp³-hybridized carbons (Fsp3) is 0.0588. The maximum Gasteiger partial charge on any atom is 0.270 e. The molecule has 0 radical (unpaired) electrons. The number of hydrogen-bond acceptors (Lipinski definition) is 5. The van der Waals surface area contributed by atoms with Crippen LogP contribution in [0.15, 0.2) is 51.8 Å². The summed E-state index contributed by atoms with van der Waals surface area (Å²) in [7, 11) is 1.48. The first-order valence-electron chi connectivity index (χ1n) is 6.90. The molecule has 1 fully saturated rings. The van der Waals surface area contributed by atoms with Gasteiger partial charge in [0.25, 0.3) is 5.91 Å². The number of rotatable bonds is 3. The van der Waals surface area contributed by atoms with Crippen LogP contribution in [0.3, 0.4) is 0 Å². The molecule has 0 aromatic heterocycles. The lowest BCUT2D eigenvalue weighted by molar-refractivity contribution is -0.113. The van der Waals surface area contributed by atoms with E-state index in [0.29, 0.717) is 15.0 Å². The van der Waals surface area contributed by atoms with Gasteiger partial charge in [0.05, 0.1) is 17.7 Å². The highest BCUT2D eigenvalue weighted by molar-refractivity contribution is 9.10. The number of thiocarbonyl (C=S) groups is 1. The molecule has 3 rings (SSSR count). The van der Waals surface area contributed by atoms with Crippen LogP contribution in [0.1, 0.15) is 5.56 Å². The van der Waals surface area contributed by atoms with Crippen LogP contribution in [-0.4, -0.2) is 22.4 Å². The summed E-state index contributed by atoms with van der Waals surface area (Å²) in [5, 5.41) is 9.66. The first-order valence-corrected chi connectivity index (χ1v) is 8.92. The van der Waals surface area contributed by atoms with Gasteiger partial charge in [-0.25, -0.2) is 0 Å². The molecule has 2 aromatic rings. The van der Waals surface area contributed by atoms with Crippen molar-refractivity contribution in [1.82, 2.24) is 0 Å². The number of phenols is 1. The number of benzene rings is 2. The average molecular weight is 422 g/mol. The minimum Gasteiger partial charge on any atom is -0.504 e. The molecule has 1 amide bonds. The Bertz CT molecular complexity index is 867. The topological polar surface area (TPSA) is 49.8 Å². The number of amides is 1. The quantitative estimate of drug-likeness (QED) is 0.580. The molecule has 7 heteroatoms. The molecule has 122 valence electrons. The van der Waals surface area contributed by atoms with E-state index in [4.69, 9.17) is 17.0 Å². The van der Waals surface area contributed by atoms with Gasteiger partial charge in [0, 0.05) is 4.47 Å². The van der Waals surface area contributed by atoms with Gasteiger partial charge >= 0.3 is 0 Å². The Morgan fingerprint density at radius 3 is 2.79 bits per heavy atom. The maximum absolute atomic E-state index is 12.7. The Balaban J connectivity index is 1.94. The largest absolute Gasteiger partial charge is 0.504 e. The number of phenolic OH excluding ortho intramolecular Hbond substituents is 1. The van der Waals surface area contributed by atoms with E-state index in [-0.39, 0.29) is 11.7 Å². The molecule has 1 aliphatic heterocycles. The van der Waals surface area contributed by atoms with E-state index in [9.17, 15) is 9.90 Å². The molecular weight excluding hydrogens is 410 g/mol. The van der Waals surface area contributed by atoms with Gasteiger partial charge in [-0.2, -0.15) is 0 Å². The van der Waals surface area contributed by atoms with E-state index in [1.807, 2.05) is 24.3 Å². The van der Waals surface area contributed by atoms with Crippen molar-refractivity contribution in [2.45, 2.75) is 0 Å². The molecule has 1 N–H and O–H groups in total. The number of thioether (sulfide) groups is 1. The third kappa shape index (κ3) is 3.33. The van der Waals surface area contributed by atoms with Crippen molar-refractivity contribution in [2.75, 3.05) is 12.0 Å². The van der Waals surface area contributed by atoms with Crippen LogP contribution < -0.4 is 9.64 Å². The van der Waals surface area contributed by atoms with Gasteiger partial charge < -0.3 is 9.84 Å². The van der Waals surface area contributed by atoms with E-state index in [2.05, 4.69) is 15.9 Å². The molecule has 1 saturated heterocycles. The van der Waals surface area contributed by atoms with Gasteiger partial charge in [0.2, 0.25) is 0 Å². The van der Waals surface area contributed by atoms with Crippen molar-refractivity contribution in [2.24, 2.45) is 0 Å². The molecule has 0 spiro atoms. The first kappa shape index (κ1) is 17.0. The molecule has 0 saturated carbocycles. The van der Waals surface area contributed by atoms with E-state index in [1.165, 1.54) is 29.8 Å². The molecule has 0 unspecified atom stereocenters. The molecule has 2 aromatic carbocycles. The summed E-state index contributed by atoms with van der Waals surface area (Å²) in [6, 6.07) is 12.3. The predicted molar refractivity (Wildman–Crippen MR) is 104 cm³/mol. The number of methoxy groups -OCH3 is 1. The summed E-state index contributed by atoms with van der Waals surface area (Å²) in [6.07, 6.45) is 1.74. The second kappa shape index (κ2) is 6.96. The van der Waals surface area contributed by atoms with Crippen molar-refractivity contribution < 1.29 is 14.6 Å². The number of carbonyl (C=O) groups is 1. The molecule has 0 aliphatic carbocycles. The van der Waals surface area contributed by atoms with E-state index in [1.54, 1.807) is 18.2 Å². The monoisotopic (exact) mass is 421 g/mol. The van der Waals surface area contributed by atoms with Crippen molar-refractivity contribution >= 4 is 61.9 Å². The minimum absolute atomic E-state index is 0.0522. The number of carbonyl (C=O) groups excluding carboxylic acids is 1. The van der Waals surface area contributed by atoms with Crippen molar-refractivity contribution in [3.05, 3.63) is 57.4 Å². The molecule has 1 heterocycles. The molecule has 0 atom stereocenters. The Morgan fingerprint density at radius 2 is 2.08 bits per heavy atom. The minimum atomic E-state index is -0.171. The molecular formula is C17H12BrNO3S2. The van der Waals surface area contributed by atoms with Crippen LogP contribution in [0.2, 0.25) is 0 Å². The Kier molecular flexibility index (Phi) is 4.93. The van der Waals surface area contributed by atoms with E-state index < -0.39 is 0 Å². The first-order chi connectivity index (χ1) is 11.5. The van der Waals surface area contributed by atoms with E-state index >= 15 is 0 Å². The van der Waals surface area contributed by atoms with Crippen molar-refractivity contribution in [1.29, 1.82) is 0 Å². The number of ether oxygens (including phenoxy) is 1. The van der Waals surface area contributed by atoms with E-state index in [0.717, 1.165) is 15.7 Å². The number of anilines is 1. The van der Waals surface area contributed by atoms with Crippen LogP contribution >= 0.6 is 39.9 Å². The maximum atomic E-state index is 12.7. The Morgan fingerprint density at radius 1 is 1.29 bits per heavy atom. The second-order valence-corrected chi connectivity index (χ2v) is 7.52. The zero-order valence-electron chi connectivity index (χ0n) is 12.5. The highest BCUT2D eigenvalue weighted by Gasteiger charge is 2.33. The molecule has 0 bridgehead atoms. The van der Waals surface area contributed by atoms with Crippen molar-refractivity contribution in [3.8, 4) is 11.5 Å². The standard InChI is InChI=1S/C17H12BrNO3S2/c1-22-14-7-10(5-6-13(14)20)8-15-16(21)19(17(23)24-15)12-4-2-3-11(18)9-12/h2-9,20H,1H3/b15-8+. The van der Waals surface area contributed by atoms with Gasteiger partial charge in [-0.3, -0.25) is 9.69 Å². The number of halogens is 1. The summed E-state index contributed by atoms with van der Waals surface area (Å²) >= 11 is 10.00. The van der Waals surface area contributed by atoms with Crippen molar-refractivity contribution in [3.63, 3.8) is 0 Å². The normalized spacial score (nSPS) is 16.1. The molecule has 24 heavy (non-hydrogen) atoms. The second-order valence-electron chi connectivity index (χ2n) is 4.93. The summed E-state index contributed by atoms with van der Waals surface area (Å²) in [5.41, 5.74) is 1.47. The van der Waals surface area contributed by atoms with Crippen LogP contribution in [0.4, 0.5) is 5.69 Å². The number of nitrogens with zero attached hydrogens (tertiary/aromatic N) is 1. The lowest BCUT2D eigenvalue weighted by Crippen LogP contribution is -2.27. The zero-order valence-corrected chi connectivity index (χ0v) is 15.7. The Hall–Kier alpha value is -1.83. The SMILES string of the molecule is COc1cc(/C=C2/SC(=S)N(c3cccc(Br)c3)C2=O)ccc1O. The third-order valence-electron chi connectivity index (χ3n) is 3.36. The van der Waals surface area contributed by atoms with Crippen LogP contribution in [0.25, 0.3) is 6.08 Å². The third-order valence-corrected chi connectivity index (χ3v) is 5.16. The van der Waals surface area contributed by atoms with Crippen LogP contribution in [-0.2, 0) is 4.79 Å². The fourth-order valence-corrected chi connectivity index (χ4v) is 3.93. The number of hydrogen-bond donors (Lipinski definition) is 1. The van der Waals surface area contributed by atoms with Gasteiger partial charge in [-0.1, -0.05) is 52.0 Å². The summed E-state index contributed by atoms with van der Waals surface area (Å²) in [5.74, 6) is 0.234.